The van der Waals surface area contributed by atoms with Crippen LogP contribution in [-0.2, 0) is 6.54 Å². The van der Waals surface area contributed by atoms with E-state index in [1.165, 1.54) is 12.8 Å². The van der Waals surface area contributed by atoms with Crippen molar-refractivity contribution >= 4 is 0 Å². The van der Waals surface area contributed by atoms with Crippen molar-refractivity contribution in [3.05, 3.63) is 12.2 Å². The molecule has 1 aliphatic carbocycles. The van der Waals surface area contributed by atoms with Crippen LogP contribution in [0.3, 0.4) is 0 Å². The summed E-state index contributed by atoms with van der Waals surface area (Å²) >= 11 is 0. The van der Waals surface area contributed by atoms with Crippen molar-refractivity contribution in [3.63, 3.8) is 0 Å². The molecule has 1 aliphatic rings. The third-order valence-corrected chi connectivity index (χ3v) is 3.91. The molecule has 0 unspecified atom stereocenters. The highest BCUT2D eigenvalue weighted by molar-refractivity contribution is 4.88. The van der Waals surface area contributed by atoms with E-state index in [0.717, 1.165) is 31.5 Å². The second kappa shape index (κ2) is 6.48. The van der Waals surface area contributed by atoms with Gasteiger partial charge in [-0.3, -0.25) is 0 Å². The van der Waals surface area contributed by atoms with E-state index >= 15 is 0 Å². The minimum atomic E-state index is -0.529. The molecular weight excluding hydrogens is 240 g/mol. The lowest BCUT2D eigenvalue weighted by atomic mass is 9.94. The average Bonchev–Trinajstić information content (AvgIpc) is 2.72. The van der Waals surface area contributed by atoms with E-state index < -0.39 is 5.60 Å². The molecule has 0 radical (unpaired) electrons. The molecule has 5 nitrogen and oxygen atoms in total. The first-order chi connectivity index (χ1) is 9.11. The number of aliphatic hydroxyl groups is 1. The Hall–Kier alpha value is -0.940. The van der Waals surface area contributed by atoms with Gasteiger partial charge in [-0.2, -0.15) is 5.10 Å². The lowest BCUT2D eigenvalue weighted by Gasteiger charge is -2.27. The van der Waals surface area contributed by atoms with Gasteiger partial charge in [-0.15, -0.1) is 0 Å². The first-order valence-corrected chi connectivity index (χ1v) is 7.42. The zero-order valence-electron chi connectivity index (χ0n) is 12.1. The van der Waals surface area contributed by atoms with Gasteiger partial charge >= 0.3 is 0 Å². The molecule has 1 aromatic heterocycles. The van der Waals surface area contributed by atoms with Gasteiger partial charge in [0.05, 0.1) is 12.1 Å². The zero-order chi connectivity index (χ0) is 13.7. The van der Waals surface area contributed by atoms with Gasteiger partial charge < -0.3 is 10.4 Å². The third kappa shape index (κ3) is 4.01. The summed E-state index contributed by atoms with van der Waals surface area (Å²) in [5, 5.41) is 18.1. The maximum Gasteiger partial charge on any atom is 0.141 e. The molecule has 0 aliphatic heterocycles. The molecule has 108 valence electrons. The normalized spacial score (nSPS) is 19.6. The van der Waals surface area contributed by atoms with Gasteiger partial charge in [0.25, 0.3) is 0 Å². The topological polar surface area (TPSA) is 63.0 Å². The number of hydrogen-bond donors (Lipinski definition) is 2. The second-order valence-electron chi connectivity index (χ2n) is 5.96. The zero-order valence-corrected chi connectivity index (χ0v) is 12.1. The van der Waals surface area contributed by atoms with Gasteiger partial charge in [0.2, 0.25) is 0 Å². The van der Waals surface area contributed by atoms with Crippen LogP contribution < -0.4 is 5.32 Å². The molecule has 0 atom stereocenters. The number of nitrogens with zero attached hydrogens (tertiary/aromatic N) is 3. The highest BCUT2D eigenvalue weighted by Crippen LogP contribution is 2.26. The fourth-order valence-electron chi connectivity index (χ4n) is 2.80. The Morgan fingerprint density at radius 3 is 2.63 bits per heavy atom. The molecule has 0 amide bonds. The Morgan fingerprint density at radius 2 is 2.00 bits per heavy atom. The largest absolute Gasteiger partial charge is 0.389 e. The maximum atomic E-state index is 10.6. The SMILES string of the molecule is CC(C)n1ncnc1CNCC1(O)CCCCCC1. The minimum Gasteiger partial charge on any atom is -0.389 e. The Balaban J connectivity index is 1.83. The summed E-state index contributed by atoms with van der Waals surface area (Å²) in [5.41, 5.74) is -0.529. The lowest BCUT2D eigenvalue weighted by Crippen LogP contribution is -2.40. The van der Waals surface area contributed by atoms with Crippen LogP contribution in [0.5, 0.6) is 0 Å². The van der Waals surface area contributed by atoms with Crippen LogP contribution in [0.1, 0.15) is 64.2 Å². The summed E-state index contributed by atoms with van der Waals surface area (Å²) in [4.78, 5) is 4.27. The van der Waals surface area contributed by atoms with E-state index in [9.17, 15) is 5.11 Å². The minimum absolute atomic E-state index is 0.320. The predicted molar refractivity (Wildman–Crippen MR) is 74.8 cm³/mol. The van der Waals surface area contributed by atoms with Crippen molar-refractivity contribution in [2.24, 2.45) is 0 Å². The van der Waals surface area contributed by atoms with Crippen LogP contribution in [-0.4, -0.2) is 32.0 Å². The fraction of sp³-hybridized carbons (Fsp3) is 0.857. The molecule has 1 saturated carbocycles. The molecule has 1 fully saturated rings. The number of nitrogens with one attached hydrogen (secondary N) is 1. The summed E-state index contributed by atoms with van der Waals surface area (Å²) in [7, 11) is 0. The molecule has 0 aromatic carbocycles. The van der Waals surface area contributed by atoms with E-state index in [4.69, 9.17) is 0 Å². The van der Waals surface area contributed by atoms with Crippen LogP contribution in [0.4, 0.5) is 0 Å². The summed E-state index contributed by atoms with van der Waals surface area (Å²) in [6.07, 6.45) is 8.21. The predicted octanol–water partition coefficient (Wildman–Crippen LogP) is 2.03. The van der Waals surface area contributed by atoms with E-state index in [1.807, 2.05) is 4.68 Å². The highest BCUT2D eigenvalue weighted by atomic mass is 16.3. The van der Waals surface area contributed by atoms with Gasteiger partial charge in [0.15, 0.2) is 0 Å². The van der Waals surface area contributed by atoms with Crippen molar-refractivity contribution in [3.8, 4) is 0 Å². The number of aromatic nitrogens is 3. The van der Waals surface area contributed by atoms with Crippen LogP contribution in [0, 0.1) is 0 Å². The highest BCUT2D eigenvalue weighted by Gasteiger charge is 2.27. The fourth-order valence-corrected chi connectivity index (χ4v) is 2.80. The van der Waals surface area contributed by atoms with Crippen molar-refractivity contribution in [1.29, 1.82) is 0 Å². The van der Waals surface area contributed by atoms with Gasteiger partial charge in [0, 0.05) is 12.6 Å². The monoisotopic (exact) mass is 266 g/mol. The first kappa shape index (κ1) is 14.5. The van der Waals surface area contributed by atoms with Gasteiger partial charge in [0.1, 0.15) is 12.2 Å². The van der Waals surface area contributed by atoms with E-state index in [0.29, 0.717) is 19.1 Å². The molecule has 1 aromatic rings. The van der Waals surface area contributed by atoms with Crippen molar-refractivity contribution in [1.82, 2.24) is 20.1 Å². The molecule has 1 heterocycles. The first-order valence-electron chi connectivity index (χ1n) is 7.42. The molecule has 2 N–H and O–H groups in total. The van der Waals surface area contributed by atoms with Crippen molar-refractivity contribution < 1.29 is 5.11 Å². The van der Waals surface area contributed by atoms with Crippen molar-refractivity contribution in [2.75, 3.05) is 6.54 Å². The van der Waals surface area contributed by atoms with Gasteiger partial charge in [-0.25, -0.2) is 9.67 Å². The standard InChI is InChI=1S/C14H26N4O/c1-12(2)18-13(16-11-17-18)9-15-10-14(19)7-5-3-4-6-8-14/h11-12,15,19H,3-10H2,1-2H3. The summed E-state index contributed by atoms with van der Waals surface area (Å²) < 4.78 is 1.92. The molecular formula is C14H26N4O. The number of rotatable bonds is 5. The Morgan fingerprint density at radius 1 is 1.32 bits per heavy atom. The summed E-state index contributed by atoms with van der Waals surface area (Å²) in [5.74, 6) is 0.937. The average molecular weight is 266 g/mol. The molecule has 5 heteroatoms. The quantitative estimate of drug-likeness (QED) is 0.801. The van der Waals surface area contributed by atoms with Crippen LogP contribution >= 0.6 is 0 Å². The second-order valence-corrected chi connectivity index (χ2v) is 5.96. The van der Waals surface area contributed by atoms with Crippen LogP contribution in [0.2, 0.25) is 0 Å². The Labute approximate surface area is 115 Å². The van der Waals surface area contributed by atoms with Gasteiger partial charge in [-0.05, 0) is 26.7 Å². The summed E-state index contributed by atoms with van der Waals surface area (Å²) in [6, 6.07) is 0.320. The molecule has 0 spiro atoms. The number of hydrogen-bond acceptors (Lipinski definition) is 4. The van der Waals surface area contributed by atoms with Gasteiger partial charge in [-0.1, -0.05) is 25.7 Å². The maximum absolute atomic E-state index is 10.6. The van der Waals surface area contributed by atoms with E-state index in [-0.39, 0.29) is 0 Å². The van der Waals surface area contributed by atoms with Crippen LogP contribution in [0.15, 0.2) is 6.33 Å². The Bertz CT molecular complexity index is 381. The molecule has 0 saturated heterocycles. The van der Waals surface area contributed by atoms with Crippen LogP contribution in [0.25, 0.3) is 0 Å². The van der Waals surface area contributed by atoms with Crippen molar-refractivity contribution in [2.45, 2.75) is 70.6 Å². The smallest absolute Gasteiger partial charge is 0.141 e. The lowest BCUT2D eigenvalue weighted by molar-refractivity contribution is 0.0248. The molecule has 19 heavy (non-hydrogen) atoms. The van der Waals surface area contributed by atoms with E-state index in [1.54, 1.807) is 6.33 Å². The third-order valence-electron chi connectivity index (χ3n) is 3.91. The molecule has 2 rings (SSSR count). The molecule has 0 bridgehead atoms. The Kier molecular flexibility index (Phi) is 4.93. The van der Waals surface area contributed by atoms with E-state index in [2.05, 4.69) is 29.2 Å². The summed E-state index contributed by atoms with van der Waals surface area (Å²) in [6.45, 7) is 5.51.